The van der Waals surface area contributed by atoms with E-state index in [2.05, 4.69) is 29.3 Å². The Morgan fingerprint density at radius 3 is 2.52 bits per heavy atom. The lowest BCUT2D eigenvalue weighted by atomic mass is 10.1. The Hall–Kier alpha value is -1.84. The highest BCUT2D eigenvalue weighted by Crippen LogP contribution is 2.10. The van der Waals surface area contributed by atoms with E-state index in [1.165, 1.54) is 5.56 Å². The topological polar surface area (TPSA) is 32.3 Å². The number of carbonyl (C=O) groups is 1. The maximum atomic E-state index is 12.1. The Morgan fingerprint density at radius 2 is 1.83 bits per heavy atom. The van der Waals surface area contributed by atoms with Gasteiger partial charge in [0, 0.05) is 18.1 Å². The van der Waals surface area contributed by atoms with E-state index in [1.54, 1.807) is 0 Å². The molecular weight excluding hydrogens is 308 g/mol. The zero-order chi connectivity index (χ0) is 16.5. The van der Waals surface area contributed by atoms with Gasteiger partial charge in [0.15, 0.2) is 0 Å². The molecular formula is C19H23ClN2O. The zero-order valence-corrected chi connectivity index (χ0v) is 14.2. The van der Waals surface area contributed by atoms with Crippen LogP contribution in [0.15, 0.2) is 54.6 Å². The molecule has 1 amide bonds. The van der Waals surface area contributed by atoms with Crippen LogP contribution in [0.4, 0.5) is 0 Å². The van der Waals surface area contributed by atoms with E-state index in [0.717, 1.165) is 30.1 Å². The van der Waals surface area contributed by atoms with E-state index in [0.29, 0.717) is 13.1 Å². The Bertz CT molecular complexity index is 616. The first-order chi connectivity index (χ1) is 11.2. The van der Waals surface area contributed by atoms with Crippen molar-refractivity contribution in [2.75, 3.05) is 19.6 Å². The molecule has 0 aliphatic carbocycles. The Kier molecular flexibility index (Phi) is 7.11. The summed E-state index contributed by atoms with van der Waals surface area (Å²) in [6.45, 7) is 4.75. The molecule has 0 heterocycles. The molecule has 0 radical (unpaired) electrons. The van der Waals surface area contributed by atoms with Gasteiger partial charge in [-0.3, -0.25) is 9.69 Å². The second-order valence-corrected chi connectivity index (χ2v) is 5.96. The summed E-state index contributed by atoms with van der Waals surface area (Å²) in [5.74, 6) is 0.0600. The van der Waals surface area contributed by atoms with Crippen LogP contribution in [0.25, 0.3) is 0 Å². The normalized spacial score (nSPS) is 10.7. The maximum Gasteiger partial charge on any atom is 0.234 e. The molecule has 2 aromatic carbocycles. The lowest BCUT2D eigenvalue weighted by Crippen LogP contribution is -2.37. The predicted molar refractivity (Wildman–Crippen MR) is 95.6 cm³/mol. The largest absolute Gasteiger partial charge is 0.355 e. The van der Waals surface area contributed by atoms with Crippen LogP contribution in [0.1, 0.15) is 18.1 Å². The number of halogens is 1. The third-order valence-corrected chi connectivity index (χ3v) is 3.92. The Morgan fingerprint density at radius 1 is 1.09 bits per heavy atom. The lowest BCUT2D eigenvalue weighted by Gasteiger charge is -2.20. The van der Waals surface area contributed by atoms with Gasteiger partial charge in [-0.2, -0.15) is 0 Å². The van der Waals surface area contributed by atoms with Gasteiger partial charge in [-0.15, -0.1) is 0 Å². The number of benzene rings is 2. The average molecular weight is 331 g/mol. The number of rotatable bonds is 8. The molecule has 0 saturated carbocycles. The first-order valence-electron chi connectivity index (χ1n) is 7.95. The van der Waals surface area contributed by atoms with Crippen molar-refractivity contribution in [1.82, 2.24) is 10.2 Å². The van der Waals surface area contributed by atoms with Crippen molar-refractivity contribution < 1.29 is 4.79 Å². The number of likely N-dealkylation sites (N-methyl/N-ethyl adjacent to an activating group) is 1. The molecule has 23 heavy (non-hydrogen) atoms. The molecule has 1 N–H and O–H groups in total. The summed E-state index contributed by atoms with van der Waals surface area (Å²) in [5, 5.41) is 3.71. The molecule has 0 aromatic heterocycles. The minimum Gasteiger partial charge on any atom is -0.355 e. The first kappa shape index (κ1) is 17.5. The van der Waals surface area contributed by atoms with Gasteiger partial charge in [0.25, 0.3) is 0 Å². The molecule has 122 valence electrons. The second kappa shape index (κ2) is 9.33. The fraction of sp³-hybridized carbons (Fsp3) is 0.316. The van der Waals surface area contributed by atoms with Crippen molar-refractivity contribution in [3.05, 3.63) is 70.7 Å². The van der Waals surface area contributed by atoms with Crippen LogP contribution < -0.4 is 5.32 Å². The number of nitrogens with zero attached hydrogens (tertiary/aromatic N) is 1. The molecule has 0 aliphatic rings. The maximum absolute atomic E-state index is 12.1. The van der Waals surface area contributed by atoms with Gasteiger partial charge in [0.2, 0.25) is 5.91 Å². The first-order valence-corrected chi connectivity index (χ1v) is 8.32. The molecule has 0 spiro atoms. The third kappa shape index (κ3) is 6.43. The summed E-state index contributed by atoms with van der Waals surface area (Å²) in [5.41, 5.74) is 2.36. The van der Waals surface area contributed by atoms with Crippen molar-refractivity contribution in [3.8, 4) is 0 Å². The van der Waals surface area contributed by atoms with E-state index in [4.69, 9.17) is 11.6 Å². The predicted octanol–water partition coefficient (Wildman–Crippen LogP) is 3.52. The van der Waals surface area contributed by atoms with Crippen molar-refractivity contribution in [3.63, 3.8) is 0 Å². The molecule has 0 aliphatic heterocycles. The quantitative estimate of drug-likeness (QED) is 0.803. The van der Waals surface area contributed by atoms with E-state index in [-0.39, 0.29) is 5.91 Å². The zero-order valence-electron chi connectivity index (χ0n) is 13.5. The summed E-state index contributed by atoms with van der Waals surface area (Å²) >= 11 is 5.96. The molecule has 0 saturated heterocycles. The van der Waals surface area contributed by atoms with Gasteiger partial charge < -0.3 is 5.32 Å². The molecule has 2 aromatic rings. The van der Waals surface area contributed by atoms with Crippen LogP contribution in [0.5, 0.6) is 0 Å². The summed E-state index contributed by atoms with van der Waals surface area (Å²) in [6.07, 6.45) is 0.789. The number of amides is 1. The number of hydrogen-bond acceptors (Lipinski definition) is 2. The molecule has 2 rings (SSSR count). The highest BCUT2D eigenvalue weighted by molar-refractivity contribution is 6.30. The van der Waals surface area contributed by atoms with Gasteiger partial charge in [0.1, 0.15) is 0 Å². The van der Waals surface area contributed by atoms with Crippen LogP contribution in [-0.4, -0.2) is 30.4 Å². The van der Waals surface area contributed by atoms with E-state index >= 15 is 0 Å². The van der Waals surface area contributed by atoms with E-state index in [9.17, 15) is 4.79 Å². The summed E-state index contributed by atoms with van der Waals surface area (Å²) in [6, 6.07) is 17.9. The molecule has 3 nitrogen and oxygen atoms in total. The number of hydrogen-bond donors (Lipinski definition) is 1. The van der Waals surface area contributed by atoms with Crippen molar-refractivity contribution >= 4 is 17.5 Å². The smallest absolute Gasteiger partial charge is 0.234 e. The number of carbonyl (C=O) groups excluding carboxylic acids is 1. The van der Waals surface area contributed by atoms with E-state index < -0.39 is 0 Å². The van der Waals surface area contributed by atoms with Crippen LogP contribution in [0.3, 0.4) is 0 Å². The van der Waals surface area contributed by atoms with E-state index in [1.807, 2.05) is 42.5 Å². The fourth-order valence-electron chi connectivity index (χ4n) is 2.42. The minimum absolute atomic E-state index is 0.0600. The summed E-state index contributed by atoms with van der Waals surface area (Å²) in [4.78, 5) is 14.2. The van der Waals surface area contributed by atoms with Gasteiger partial charge in [-0.1, -0.05) is 61.0 Å². The van der Waals surface area contributed by atoms with Crippen molar-refractivity contribution in [2.24, 2.45) is 0 Å². The molecule has 4 heteroatoms. The van der Waals surface area contributed by atoms with Gasteiger partial charge in [-0.05, 0) is 36.2 Å². The van der Waals surface area contributed by atoms with Crippen LogP contribution in [-0.2, 0) is 17.8 Å². The monoisotopic (exact) mass is 330 g/mol. The van der Waals surface area contributed by atoms with Gasteiger partial charge >= 0.3 is 0 Å². The number of nitrogens with one attached hydrogen (secondary N) is 1. The highest BCUT2D eigenvalue weighted by Gasteiger charge is 2.09. The van der Waals surface area contributed by atoms with Gasteiger partial charge in [0.05, 0.1) is 6.54 Å². The van der Waals surface area contributed by atoms with Crippen molar-refractivity contribution in [2.45, 2.75) is 19.9 Å². The summed E-state index contributed by atoms with van der Waals surface area (Å²) in [7, 11) is 0. The minimum atomic E-state index is 0.0600. The highest BCUT2D eigenvalue weighted by atomic mass is 35.5. The van der Waals surface area contributed by atoms with Crippen LogP contribution in [0, 0.1) is 0 Å². The molecule has 0 bridgehead atoms. The second-order valence-electron chi connectivity index (χ2n) is 5.52. The SMILES string of the molecule is CCN(CC(=O)NCCc1cccc(Cl)c1)Cc1ccccc1. The standard InChI is InChI=1S/C19H23ClN2O/c1-2-22(14-17-7-4-3-5-8-17)15-19(23)21-12-11-16-9-6-10-18(20)13-16/h3-10,13H,2,11-12,14-15H2,1H3,(H,21,23). The summed E-state index contributed by atoms with van der Waals surface area (Å²) < 4.78 is 0. The van der Waals surface area contributed by atoms with Crippen LogP contribution >= 0.6 is 11.6 Å². The van der Waals surface area contributed by atoms with Crippen molar-refractivity contribution in [1.29, 1.82) is 0 Å². The molecule has 0 atom stereocenters. The Balaban J connectivity index is 1.74. The van der Waals surface area contributed by atoms with Crippen LogP contribution in [0.2, 0.25) is 5.02 Å². The average Bonchev–Trinajstić information content (AvgIpc) is 2.55. The Labute approximate surface area is 143 Å². The molecule has 0 unspecified atom stereocenters. The molecule has 0 fully saturated rings. The fourth-order valence-corrected chi connectivity index (χ4v) is 2.63. The lowest BCUT2D eigenvalue weighted by molar-refractivity contribution is -0.122. The van der Waals surface area contributed by atoms with Gasteiger partial charge in [-0.25, -0.2) is 0 Å². The third-order valence-electron chi connectivity index (χ3n) is 3.69.